The molecule has 4 nitrogen and oxygen atoms in total. The fourth-order valence-electron chi connectivity index (χ4n) is 10.6. The van der Waals surface area contributed by atoms with Crippen molar-refractivity contribution >= 4 is 43.6 Å². The summed E-state index contributed by atoms with van der Waals surface area (Å²) in [7, 11) is 0. The predicted octanol–water partition coefficient (Wildman–Crippen LogP) is 15.6. The van der Waals surface area contributed by atoms with E-state index in [1.54, 1.807) is 0 Å². The number of nitrogens with zero attached hydrogens (tertiary/aromatic N) is 4. The van der Waals surface area contributed by atoms with Crippen molar-refractivity contribution in [2.45, 2.75) is 19.3 Å². The zero-order valence-corrected chi connectivity index (χ0v) is 36.1. The minimum Gasteiger partial charge on any atom is -0.309 e. The Balaban J connectivity index is 1.04. The van der Waals surface area contributed by atoms with Crippen LogP contribution in [0.2, 0.25) is 0 Å². The van der Waals surface area contributed by atoms with Gasteiger partial charge in [-0.15, -0.1) is 0 Å². The van der Waals surface area contributed by atoms with E-state index in [4.69, 9.17) is 9.97 Å². The smallest absolute Gasteiger partial charge is 0.160 e. The second-order valence-electron chi connectivity index (χ2n) is 17.8. The third kappa shape index (κ3) is 5.70. The van der Waals surface area contributed by atoms with E-state index >= 15 is 0 Å². The lowest BCUT2D eigenvalue weighted by molar-refractivity contribution is 0.660. The molecule has 12 aromatic rings. The maximum Gasteiger partial charge on any atom is 0.160 e. The Labute approximate surface area is 377 Å². The van der Waals surface area contributed by atoms with Gasteiger partial charge >= 0.3 is 0 Å². The summed E-state index contributed by atoms with van der Waals surface area (Å²) in [4.78, 5) is 11.2. The van der Waals surface area contributed by atoms with E-state index in [1.165, 1.54) is 66.0 Å². The van der Waals surface area contributed by atoms with Crippen molar-refractivity contribution in [1.82, 2.24) is 19.1 Å². The first-order valence-corrected chi connectivity index (χ1v) is 22.4. The Morgan fingerprint density at radius 3 is 1.42 bits per heavy atom. The lowest BCUT2D eigenvalue weighted by Crippen LogP contribution is -2.15. The first kappa shape index (κ1) is 37.2. The maximum atomic E-state index is 5.60. The van der Waals surface area contributed by atoms with Gasteiger partial charge in [0.15, 0.2) is 5.82 Å². The minimum atomic E-state index is -0.152. The molecular weight excluding hydrogens is 789 g/mol. The number of hydrogen-bond donors (Lipinski definition) is 0. The molecule has 4 heteroatoms. The molecule has 0 atom stereocenters. The van der Waals surface area contributed by atoms with Gasteiger partial charge in [0.2, 0.25) is 0 Å². The largest absolute Gasteiger partial charge is 0.309 e. The van der Waals surface area contributed by atoms with Gasteiger partial charge in [-0.1, -0.05) is 178 Å². The van der Waals surface area contributed by atoms with Crippen LogP contribution in [0.3, 0.4) is 0 Å². The third-order valence-electron chi connectivity index (χ3n) is 13.7. The summed E-state index contributed by atoms with van der Waals surface area (Å²) in [5, 5.41) is 4.82. The van der Waals surface area contributed by atoms with Gasteiger partial charge in [-0.2, -0.15) is 0 Å². The number of rotatable bonds is 6. The zero-order valence-electron chi connectivity index (χ0n) is 36.1. The summed E-state index contributed by atoms with van der Waals surface area (Å²) >= 11 is 0. The molecule has 0 radical (unpaired) electrons. The van der Waals surface area contributed by atoms with Crippen LogP contribution in [0, 0.1) is 0 Å². The first-order valence-electron chi connectivity index (χ1n) is 22.4. The highest BCUT2D eigenvalue weighted by atomic mass is 15.1. The molecule has 3 heterocycles. The summed E-state index contributed by atoms with van der Waals surface area (Å²) in [6.45, 7) is 4.65. The molecule has 13 rings (SSSR count). The molecule has 0 spiro atoms. The molecule has 3 aromatic heterocycles. The Morgan fingerprint density at radius 2 is 0.800 bits per heavy atom. The molecule has 0 saturated heterocycles. The van der Waals surface area contributed by atoms with Gasteiger partial charge in [-0.05, 0) is 88.0 Å². The SMILES string of the molecule is CC1(C)c2ccccc2-c2ccc(-c3nc(-c4ccccc4)c(-n4c5ccccc5c5cc(-c6ccc7c(c6)c6ccccc6n7-c6ccccc6)ccc54)c(-c4ccccc4)n3)cc21. The van der Waals surface area contributed by atoms with Crippen LogP contribution in [0.25, 0.3) is 111 Å². The number of aromatic nitrogens is 4. The van der Waals surface area contributed by atoms with Gasteiger partial charge < -0.3 is 9.13 Å². The normalized spacial score (nSPS) is 12.9. The topological polar surface area (TPSA) is 35.6 Å². The van der Waals surface area contributed by atoms with Gasteiger partial charge in [-0.25, -0.2) is 9.97 Å². The second-order valence-corrected chi connectivity index (χ2v) is 17.8. The highest BCUT2D eigenvalue weighted by Gasteiger charge is 2.35. The standard InChI is InChI=1S/C61H42N4/c1-61(2)51-27-15-12-24-45(51)46-33-30-43(38-52(46)61)60-62-57(39-18-6-3-7-19-39)59(58(63-60)40-20-8-4-9-21-40)65-54-29-17-14-26-48(54)50-37-42(32-35-56(50)65)41-31-34-55-49(36-41)47-25-13-16-28-53(47)64(55)44-22-10-5-11-23-44/h3-38H,1-2H3. The average Bonchev–Trinajstić information content (AvgIpc) is 3.96. The van der Waals surface area contributed by atoms with Crippen LogP contribution in [0.1, 0.15) is 25.0 Å². The Hall–Kier alpha value is -8.34. The van der Waals surface area contributed by atoms with Crippen LogP contribution >= 0.6 is 0 Å². The van der Waals surface area contributed by atoms with E-state index in [-0.39, 0.29) is 5.41 Å². The van der Waals surface area contributed by atoms with E-state index in [9.17, 15) is 0 Å². The summed E-state index contributed by atoms with van der Waals surface area (Å²) in [6.07, 6.45) is 0. The molecule has 0 bridgehead atoms. The van der Waals surface area contributed by atoms with E-state index in [0.717, 1.165) is 50.5 Å². The van der Waals surface area contributed by atoms with Crippen LogP contribution in [-0.2, 0) is 5.41 Å². The van der Waals surface area contributed by atoms with Gasteiger partial charge in [0.25, 0.3) is 0 Å². The van der Waals surface area contributed by atoms with Crippen molar-refractivity contribution in [3.63, 3.8) is 0 Å². The van der Waals surface area contributed by atoms with Crippen LogP contribution < -0.4 is 0 Å². The zero-order chi connectivity index (χ0) is 43.2. The molecule has 1 aliphatic rings. The Kier molecular flexibility index (Phi) is 8.22. The number of para-hydroxylation sites is 3. The summed E-state index contributed by atoms with van der Waals surface area (Å²) in [5.74, 6) is 0.702. The van der Waals surface area contributed by atoms with Gasteiger partial charge in [0, 0.05) is 49.3 Å². The molecule has 1 aliphatic carbocycles. The highest BCUT2D eigenvalue weighted by molar-refractivity contribution is 6.13. The number of benzene rings is 9. The molecule has 0 aliphatic heterocycles. The van der Waals surface area contributed by atoms with Crippen molar-refractivity contribution in [3.05, 3.63) is 230 Å². The molecule has 0 unspecified atom stereocenters. The fourth-order valence-corrected chi connectivity index (χ4v) is 10.6. The van der Waals surface area contributed by atoms with Gasteiger partial charge in [0.1, 0.15) is 0 Å². The molecule has 306 valence electrons. The number of fused-ring (bicyclic) bond motifs is 9. The van der Waals surface area contributed by atoms with Gasteiger partial charge in [0.05, 0.1) is 39.1 Å². The van der Waals surface area contributed by atoms with Gasteiger partial charge in [-0.3, -0.25) is 0 Å². The van der Waals surface area contributed by atoms with Crippen molar-refractivity contribution in [2.24, 2.45) is 0 Å². The van der Waals surface area contributed by atoms with Crippen LogP contribution in [-0.4, -0.2) is 19.1 Å². The summed E-state index contributed by atoms with van der Waals surface area (Å²) in [6, 6.07) is 78.8. The molecule has 0 amide bonds. The monoisotopic (exact) mass is 830 g/mol. The lowest BCUT2D eigenvalue weighted by Gasteiger charge is -2.22. The third-order valence-corrected chi connectivity index (χ3v) is 13.7. The van der Waals surface area contributed by atoms with E-state index in [1.807, 2.05) is 0 Å². The Bertz CT molecular complexity index is 3780. The molecule has 0 fully saturated rings. The predicted molar refractivity (Wildman–Crippen MR) is 270 cm³/mol. The number of hydrogen-bond acceptors (Lipinski definition) is 2. The molecule has 0 saturated carbocycles. The quantitative estimate of drug-likeness (QED) is 0.167. The van der Waals surface area contributed by atoms with E-state index in [0.29, 0.717) is 5.82 Å². The summed E-state index contributed by atoms with van der Waals surface area (Å²) in [5.41, 5.74) is 18.9. The molecule has 9 aromatic carbocycles. The highest BCUT2D eigenvalue weighted by Crippen LogP contribution is 2.50. The molecular formula is C61H42N4. The van der Waals surface area contributed by atoms with E-state index < -0.39 is 0 Å². The van der Waals surface area contributed by atoms with Crippen molar-refractivity contribution in [1.29, 1.82) is 0 Å². The summed E-state index contributed by atoms with van der Waals surface area (Å²) < 4.78 is 4.78. The van der Waals surface area contributed by atoms with Crippen molar-refractivity contribution < 1.29 is 0 Å². The van der Waals surface area contributed by atoms with E-state index in [2.05, 4.69) is 241 Å². The maximum absolute atomic E-state index is 5.60. The first-order chi connectivity index (χ1) is 32.0. The minimum absolute atomic E-state index is 0.152. The van der Waals surface area contributed by atoms with Crippen LogP contribution in [0.5, 0.6) is 0 Å². The lowest BCUT2D eigenvalue weighted by atomic mass is 9.82. The van der Waals surface area contributed by atoms with Crippen molar-refractivity contribution in [2.75, 3.05) is 0 Å². The van der Waals surface area contributed by atoms with Crippen LogP contribution in [0.4, 0.5) is 0 Å². The molecule has 0 N–H and O–H groups in total. The van der Waals surface area contributed by atoms with Crippen LogP contribution in [0.15, 0.2) is 218 Å². The second kappa shape index (κ2) is 14.3. The molecule has 65 heavy (non-hydrogen) atoms. The average molecular weight is 831 g/mol. The Morgan fingerprint density at radius 1 is 0.338 bits per heavy atom. The fraction of sp³-hybridized carbons (Fsp3) is 0.0492. The van der Waals surface area contributed by atoms with Crippen molar-refractivity contribution in [3.8, 4) is 67.5 Å².